The number of nitrogens with zero attached hydrogens (tertiary/aromatic N) is 3. The lowest BCUT2D eigenvalue weighted by Gasteiger charge is -2.32. The van der Waals surface area contributed by atoms with Gasteiger partial charge in [-0.15, -0.1) is 11.3 Å². The van der Waals surface area contributed by atoms with Gasteiger partial charge in [0.1, 0.15) is 5.82 Å². The van der Waals surface area contributed by atoms with Crippen molar-refractivity contribution in [2.24, 2.45) is 0 Å². The van der Waals surface area contributed by atoms with E-state index in [9.17, 15) is 18.0 Å². The molecule has 2 aromatic heterocycles. The Balaban J connectivity index is 1.64. The number of rotatable bonds is 2. The topological polar surface area (TPSA) is 50.2 Å². The maximum absolute atomic E-state index is 13.7. The van der Waals surface area contributed by atoms with Crippen LogP contribution in [0.15, 0.2) is 23.6 Å². The smallest absolute Gasteiger partial charge is 0.363 e. The maximum atomic E-state index is 13.7. The van der Waals surface area contributed by atoms with Crippen molar-refractivity contribution >= 4 is 23.1 Å². The zero-order valence-electron chi connectivity index (χ0n) is 14.7. The van der Waals surface area contributed by atoms with Crippen molar-refractivity contribution in [2.75, 3.05) is 18.4 Å². The highest BCUT2D eigenvalue weighted by Crippen LogP contribution is 2.44. The summed E-state index contributed by atoms with van der Waals surface area (Å²) in [5.74, 6) is -0.0330. The average molecular weight is 398 g/mol. The number of hydrogen-bond donors (Lipinski definition) is 1. The third-order valence-electron chi connectivity index (χ3n) is 5.19. The van der Waals surface area contributed by atoms with Gasteiger partial charge < -0.3 is 10.2 Å². The summed E-state index contributed by atoms with van der Waals surface area (Å²) in [6, 6.07) is 2.93. The quantitative estimate of drug-likeness (QED) is 0.803. The molecule has 4 rings (SSSR count). The van der Waals surface area contributed by atoms with Gasteiger partial charge in [0, 0.05) is 30.5 Å². The molecule has 2 atom stereocenters. The van der Waals surface area contributed by atoms with E-state index in [0.29, 0.717) is 13.1 Å². The molecule has 0 aliphatic carbocycles. The Morgan fingerprint density at radius 1 is 1.22 bits per heavy atom. The lowest BCUT2D eigenvalue weighted by Crippen LogP contribution is -2.36. The first-order chi connectivity index (χ1) is 12.9. The minimum atomic E-state index is -4.43. The average Bonchev–Trinajstić information content (AvgIpc) is 3.23. The Hall–Kier alpha value is -2.03. The van der Waals surface area contributed by atoms with E-state index in [4.69, 9.17) is 0 Å². The molecule has 0 saturated carbocycles. The molecule has 0 aromatic carbocycles. The van der Waals surface area contributed by atoms with Gasteiger partial charge in [-0.1, -0.05) is 18.9 Å². The fraction of sp³-hybridized carbons (Fsp3) is 0.556. The molecule has 1 saturated heterocycles. The molecule has 0 unspecified atom stereocenters. The van der Waals surface area contributed by atoms with Crippen LogP contribution in [0.4, 0.5) is 19.0 Å². The van der Waals surface area contributed by atoms with Crippen molar-refractivity contribution in [3.8, 4) is 0 Å². The summed E-state index contributed by atoms with van der Waals surface area (Å²) in [4.78, 5) is 15.3. The zero-order chi connectivity index (χ0) is 19.0. The SMILES string of the molecule is O=C(c1cc2n(n1)[C@@H](C(F)(F)F)C[C@@H](c1cccs1)N2)N1CCCCCC1. The molecule has 27 heavy (non-hydrogen) atoms. The Kier molecular flexibility index (Phi) is 4.88. The van der Waals surface area contributed by atoms with Crippen molar-refractivity contribution in [1.82, 2.24) is 14.7 Å². The lowest BCUT2D eigenvalue weighted by molar-refractivity contribution is -0.173. The molecule has 5 nitrogen and oxygen atoms in total. The van der Waals surface area contributed by atoms with Gasteiger partial charge in [0.15, 0.2) is 11.7 Å². The Bertz CT molecular complexity index is 794. The number of anilines is 1. The van der Waals surface area contributed by atoms with E-state index in [1.165, 1.54) is 17.4 Å². The summed E-state index contributed by atoms with van der Waals surface area (Å²) in [6.07, 6.45) is -0.586. The molecule has 0 spiro atoms. The number of likely N-dealkylation sites (tertiary alicyclic amines) is 1. The predicted molar refractivity (Wildman–Crippen MR) is 97.0 cm³/mol. The summed E-state index contributed by atoms with van der Waals surface area (Å²) in [6.45, 7) is 1.27. The van der Waals surface area contributed by atoms with Gasteiger partial charge in [0.25, 0.3) is 5.91 Å². The second-order valence-electron chi connectivity index (χ2n) is 7.07. The Labute approximate surface area is 159 Å². The first kappa shape index (κ1) is 18.3. The maximum Gasteiger partial charge on any atom is 0.410 e. The minimum absolute atomic E-state index is 0.0838. The number of nitrogens with one attached hydrogen (secondary N) is 1. The monoisotopic (exact) mass is 398 g/mol. The van der Waals surface area contributed by atoms with Crippen LogP contribution in [-0.2, 0) is 0 Å². The second-order valence-corrected chi connectivity index (χ2v) is 8.05. The summed E-state index contributed by atoms with van der Waals surface area (Å²) in [5.41, 5.74) is 0.0838. The van der Waals surface area contributed by atoms with Gasteiger partial charge >= 0.3 is 6.18 Å². The molecule has 2 aliphatic rings. The summed E-state index contributed by atoms with van der Waals surface area (Å²) in [5, 5.41) is 9.05. The van der Waals surface area contributed by atoms with Crippen molar-refractivity contribution in [3.63, 3.8) is 0 Å². The first-order valence-corrected chi connectivity index (χ1v) is 10.1. The van der Waals surface area contributed by atoms with E-state index in [1.54, 1.807) is 4.90 Å². The van der Waals surface area contributed by atoms with Crippen LogP contribution in [0.2, 0.25) is 0 Å². The molecule has 1 fully saturated rings. The van der Waals surface area contributed by atoms with Gasteiger partial charge in [-0.3, -0.25) is 4.79 Å². The Morgan fingerprint density at radius 2 is 1.96 bits per heavy atom. The molecule has 9 heteroatoms. The number of halogens is 3. The van der Waals surface area contributed by atoms with E-state index < -0.39 is 18.3 Å². The van der Waals surface area contributed by atoms with Crippen LogP contribution in [0.1, 0.15) is 59.6 Å². The molecule has 2 aliphatic heterocycles. The summed E-state index contributed by atoms with van der Waals surface area (Å²) >= 11 is 1.42. The van der Waals surface area contributed by atoms with Crippen molar-refractivity contribution in [2.45, 2.75) is 50.4 Å². The normalized spacial score (nSPS) is 23.4. The molecule has 4 heterocycles. The van der Waals surface area contributed by atoms with Crippen LogP contribution in [0.5, 0.6) is 0 Å². The van der Waals surface area contributed by atoms with Crippen LogP contribution < -0.4 is 5.32 Å². The highest BCUT2D eigenvalue weighted by Gasteiger charge is 2.47. The number of thiophene rings is 1. The summed E-state index contributed by atoms with van der Waals surface area (Å²) < 4.78 is 42.0. The van der Waals surface area contributed by atoms with Crippen LogP contribution in [0.3, 0.4) is 0 Å². The highest BCUT2D eigenvalue weighted by molar-refractivity contribution is 7.10. The number of hydrogen-bond acceptors (Lipinski definition) is 4. The van der Waals surface area contributed by atoms with Gasteiger partial charge in [-0.25, -0.2) is 4.68 Å². The first-order valence-electron chi connectivity index (χ1n) is 9.19. The summed E-state index contributed by atoms with van der Waals surface area (Å²) in [7, 11) is 0. The number of carbonyl (C=O) groups excluding carboxylic acids is 1. The third-order valence-corrected chi connectivity index (χ3v) is 6.17. The Morgan fingerprint density at radius 3 is 2.59 bits per heavy atom. The fourth-order valence-electron chi connectivity index (χ4n) is 3.79. The van der Waals surface area contributed by atoms with E-state index in [0.717, 1.165) is 35.2 Å². The van der Waals surface area contributed by atoms with Crippen LogP contribution in [0, 0.1) is 0 Å². The number of alkyl halides is 3. The fourth-order valence-corrected chi connectivity index (χ4v) is 4.58. The van der Waals surface area contributed by atoms with E-state index in [2.05, 4.69) is 10.4 Å². The lowest BCUT2D eigenvalue weighted by atomic mass is 10.0. The van der Waals surface area contributed by atoms with E-state index in [1.807, 2.05) is 17.5 Å². The molecule has 1 amide bonds. The molecular weight excluding hydrogens is 377 g/mol. The van der Waals surface area contributed by atoms with E-state index in [-0.39, 0.29) is 23.8 Å². The number of carbonyl (C=O) groups is 1. The molecule has 1 N–H and O–H groups in total. The van der Waals surface area contributed by atoms with Crippen molar-refractivity contribution in [1.29, 1.82) is 0 Å². The second kappa shape index (κ2) is 7.18. The molecule has 146 valence electrons. The van der Waals surface area contributed by atoms with E-state index >= 15 is 0 Å². The van der Waals surface area contributed by atoms with Gasteiger partial charge in [0.05, 0.1) is 6.04 Å². The molecule has 0 radical (unpaired) electrons. The number of amides is 1. The largest absolute Gasteiger partial charge is 0.410 e. The number of aromatic nitrogens is 2. The highest BCUT2D eigenvalue weighted by atomic mass is 32.1. The standard InChI is InChI=1S/C18H21F3N4OS/c19-18(20,21)15-10-12(14-6-5-9-27-14)22-16-11-13(23-25(15)16)17(26)24-7-3-1-2-4-8-24/h5-6,9,11-12,15,22H,1-4,7-8,10H2/t12-,15+/m0/s1. The van der Waals surface area contributed by atoms with Crippen molar-refractivity contribution in [3.05, 3.63) is 34.2 Å². The zero-order valence-corrected chi connectivity index (χ0v) is 15.5. The number of fused-ring (bicyclic) bond motifs is 1. The minimum Gasteiger partial charge on any atom is -0.363 e. The van der Waals surface area contributed by atoms with Gasteiger partial charge in [-0.05, 0) is 24.3 Å². The predicted octanol–water partition coefficient (Wildman–Crippen LogP) is 4.62. The third kappa shape index (κ3) is 3.69. The molecule has 2 aromatic rings. The van der Waals surface area contributed by atoms with Crippen molar-refractivity contribution < 1.29 is 18.0 Å². The van der Waals surface area contributed by atoms with Gasteiger partial charge in [-0.2, -0.15) is 18.3 Å². The van der Waals surface area contributed by atoms with Crippen LogP contribution in [-0.4, -0.2) is 39.9 Å². The molecule has 0 bridgehead atoms. The molecular formula is C18H21F3N4OS. The van der Waals surface area contributed by atoms with Crippen LogP contribution >= 0.6 is 11.3 Å². The van der Waals surface area contributed by atoms with Crippen LogP contribution in [0.25, 0.3) is 0 Å². The van der Waals surface area contributed by atoms with Gasteiger partial charge in [0.2, 0.25) is 0 Å².